The number of hydrogen-bond donors (Lipinski definition) is 1. The van der Waals surface area contributed by atoms with E-state index in [-0.39, 0.29) is 5.41 Å². The summed E-state index contributed by atoms with van der Waals surface area (Å²) in [6, 6.07) is 8.27. The Morgan fingerprint density at radius 2 is 1.78 bits per heavy atom. The molecule has 2 aromatic rings. The highest BCUT2D eigenvalue weighted by Crippen LogP contribution is 2.25. The summed E-state index contributed by atoms with van der Waals surface area (Å²) in [5.74, 6) is 1.17. The molecule has 0 saturated carbocycles. The van der Waals surface area contributed by atoms with E-state index in [0.29, 0.717) is 18.3 Å². The number of nitrogens with zero attached hydrogens (tertiary/aromatic N) is 2. The van der Waals surface area contributed by atoms with Gasteiger partial charge in [0.1, 0.15) is 0 Å². The minimum Gasteiger partial charge on any atom is -0.419 e. The Balaban J connectivity index is 2.23. The zero-order chi connectivity index (χ0) is 13.2. The summed E-state index contributed by atoms with van der Waals surface area (Å²) in [5.41, 5.74) is 2.41. The molecule has 96 valence electrons. The van der Waals surface area contributed by atoms with Crippen LogP contribution in [0.3, 0.4) is 0 Å². The van der Waals surface area contributed by atoms with Gasteiger partial charge in [0, 0.05) is 5.56 Å². The molecule has 0 aliphatic rings. The molecule has 0 aliphatic carbocycles. The molecule has 18 heavy (non-hydrogen) atoms. The fourth-order valence-corrected chi connectivity index (χ4v) is 1.71. The molecule has 0 atom stereocenters. The predicted molar refractivity (Wildman–Crippen MR) is 71.2 cm³/mol. The van der Waals surface area contributed by atoms with Crippen LogP contribution in [0, 0.1) is 0 Å². The van der Waals surface area contributed by atoms with Crippen LogP contribution in [0.25, 0.3) is 11.5 Å². The SMILES string of the molecule is CNCc1nnc(-c2ccc(C(C)(C)C)cc2)o1. The Hall–Kier alpha value is -1.68. The molecule has 1 heterocycles. The van der Waals surface area contributed by atoms with E-state index >= 15 is 0 Å². The normalized spacial score (nSPS) is 11.8. The molecule has 0 saturated heterocycles. The molecule has 4 heteroatoms. The molecule has 0 radical (unpaired) electrons. The van der Waals surface area contributed by atoms with Crippen LogP contribution in [-0.4, -0.2) is 17.2 Å². The average molecular weight is 245 g/mol. The van der Waals surface area contributed by atoms with Crippen LogP contribution in [0.2, 0.25) is 0 Å². The van der Waals surface area contributed by atoms with E-state index in [0.717, 1.165) is 5.56 Å². The second kappa shape index (κ2) is 4.90. The van der Waals surface area contributed by atoms with E-state index in [2.05, 4.69) is 48.4 Å². The molecule has 1 aromatic carbocycles. The molecule has 1 aromatic heterocycles. The van der Waals surface area contributed by atoms with Crippen molar-refractivity contribution in [2.45, 2.75) is 32.7 Å². The van der Waals surface area contributed by atoms with Crippen LogP contribution >= 0.6 is 0 Å². The van der Waals surface area contributed by atoms with Crippen molar-refractivity contribution in [2.75, 3.05) is 7.05 Å². The minimum absolute atomic E-state index is 0.157. The van der Waals surface area contributed by atoms with E-state index in [1.807, 2.05) is 19.2 Å². The molecular formula is C14H19N3O. The third-order valence-electron chi connectivity index (χ3n) is 2.79. The first-order valence-electron chi connectivity index (χ1n) is 6.08. The smallest absolute Gasteiger partial charge is 0.247 e. The van der Waals surface area contributed by atoms with Gasteiger partial charge >= 0.3 is 0 Å². The first-order chi connectivity index (χ1) is 8.50. The summed E-state index contributed by atoms with van der Waals surface area (Å²) in [7, 11) is 1.85. The van der Waals surface area contributed by atoms with Gasteiger partial charge in [-0.1, -0.05) is 32.9 Å². The molecule has 0 fully saturated rings. The lowest BCUT2D eigenvalue weighted by Crippen LogP contribution is -2.10. The standard InChI is InChI=1S/C14H19N3O/c1-14(2,3)11-7-5-10(6-8-11)13-17-16-12(18-13)9-15-4/h5-8,15H,9H2,1-4H3. The number of aromatic nitrogens is 2. The summed E-state index contributed by atoms with van der Waals surface area (Å²) in [5, 5.41) is 11.0. The van der Waals surface area contributed by atoms with Crippen molar-refractivity contribution in [1.82, 2.24) is 15.5 Å². The maximum Gasteiger partial charge on any atom is 0.247 e. The lowest BCUT2D eigenvalue weighted by Gasteiger charge is -2.18. The van der Waals surface area contributed by atoms with E-state index in [9.17, 15) is 0 Å². The number of rotatable bonds is 3. The van der Waals surface area contributed by atoms with Crippen LogP contribution in [0.15, 0.2) is 28.7 Å². The molecule has 0 spiro atoms. The molecule has 0 bridgehead atoms. The Kier molecular flexibility index (Phi) is 3.48. The van der Waals surface area contributed by atoms with Crippen molar-refractivity contribution >= 4 is 0 Å². The van der Waals surface area contributed by atoms with Crippen LogP contribution in [0.4, 0.5) is 0 Å². The summed E-state index contributed by atoms with van der Waals surface area (Å²) < 4.78 is 5.55. The first kappa shape index (κ1) is 12.8. The van der Waals surface area contributed by atoms with Crippen LogP contribution in [0.5, 0.6) is 0 Å². The summed E-state index contributed by atoms with van der Waals surface area (Å²) in [4.78, 5) is 0. The lowest BCUT2D eigenvalue weighted by molar-refractivity contribution is 0.490. The molecule has 2 rings (SSSR count). The van der Waals surface area contributed by atoms with E-state index in [1.165, 1.54) is 5.56 Å². The molecule has 0 amide bonds. The number of benzene rings is 1. The predicted octanol–water partition coefficient (Wildman–Crippen LogP) is 2.75. The van der Waals surface area contributed by atoms with Gasteiger partial charge in [0.05, 0.1) is 6.54 Å². The minimum atomic E-state index is 0.157. The highest BCUT2D eigenvalue weighted by atomic mass is 16.4. The van der Waals surface area contributed by atoms with Crippen LogP contribution in [0.1, 0.15) is 32.2 Å². The first-order valence-corrected chi connectivity index (χ1v) is 6.08. The van der Waals surface area contributed by atoms with Gasteiger partial charge in [-0.25, -0.2) is 0 Å². The highest BCUT2D eigenvalue weighted by molar-refractivity contribution is 5.53. The van der Waals surface area contributed by atoms with E-state index in [4.69, 9.17) is 4.42 Å². The van der Waals surface area contributed by atoms with Gasteiger partial charge in [0.25, 0.3) is 0 Å². The highest BCUT2D eigenvalue weighted by Gasteiger charge is 2.14. The van der Waals surface area contributed by atoms with Gasteiger partial charge in [0.15, 0.2) is 0 Å². The molecule has 0 unspecified atom stereocenters. The summed E-state index contributed by atoms with van der Waals surface area (Å²) in [6.45, 7) is 7.17. The second-order valence-electron chi connectivity index (χ2n) is 5.36. The van der Waals surface area contributed by atoms with Gasteiger partial charge in [-0.2, -0.15) is 0 Å². The van der Waals surface area contributed by atoms with Crippen molar-refractivity contribution in [1.29, 1.82) is 0 Å². The quantitative estimate of drug-likeness (QED) is 0.903. The van der Waals surface area contributed by atoms with Crippen molar-refractivity contribution in [3.05, 3.63) is 35.7 Å². The Morgan fingerprint density at radius 1 is 1.11 bits per heavy atom. The third kappa shape index (κ3) is 2.76. The van der Waals surface area contributed by atoms with Gasteiger partial charge in [-0.05, 0) is 30.2 Å². The van der Waals surface area contributed by atoms with Crippen LogP contribution in [-0.2, 0) is 12.0 Å². The molecule has 1 N–H and O–H groups in total. The maximum absolute atomic E-state index is 5.55. The molecule has 0 aliphatic heterocycles. The Labute approximate surface area is 107 Å². The average Bonchev–Trinajstić information content (AvgIpc) is 2.77. The van der Waals surface area contributed by atoms with E-state index in [1.54, 1.807) is 0 Å². The summed E-state index contributed by atoms with van der Waals surface area (Å²) >= 11 is 0. The fourth-order valence-electron chi connectivity index (χ4n) is 1.71. The maximum atomic E-state index is 5.55. The van der Waals surface area contributed by atoms with Gasteiger partial charge in [-0.3, -0.25) is 0 Å². The third-order valence-corrected chi connectivity index (χ3v) is 2.79. The Morgan fingerprint density at radius 3 is 2.33 bits per heavy atom. The topological polar surface area (TPSA) is 51.0 Å². The molecular weight excluding hydrogens is 226 g/mol. The summed E-state index contributed by atoms with van der Waals surface area (Å²) in [6.07, 6.45) is 0. The zero-order valence-corrected chi connectivity index (χ0v) is 11.3. The van der Waals surface area contributed by atoms with Gasteiger partial charge in [-0.15, -0.1) is 10.2 Å². The van der Waals surface area contributed by atoms with Gasteiger partial charge < -0.3 is 9.73 Å². The zero-order valence-electron chi connectivity index (χ0n) is 11.3. The second-order valence-corrected chi connectivity index (χ2v) is 5.36. The van der Waals surface area contributed by atoms with Crippen molar-refractivity contribution < 1.29 is 4.42 Å². The van der Waals surface area contributed by atoms with Crippen molar-refractivity contribution in [3.8, 4) is 11.5 Å². The Bertz CT molecular complexity index is 509. The van der Waals surface area contributed by atoms with Crippen molar-refractivity contribution in [2.24, 2.45) is 0 Å². The monoisotopic (exact) mass is 245 g/mol. The molecule has 4 nitrogen and oxygen atoms in total. The van der Waals surface area contributed by atoms with E-state index < -0.39 is 0 Å². The number of nitrogens with one attached hydrogen (secondary N) is 1. The fraction of sp³-hybridized carbons (Fsp3) is 0.429. The van der Waals surface area contributed by atoms with Gasteiger partial charge in [0.2, 0.25) is 11.8 Å². The number of hydrogen-bond acceptors (Lipinski definition) is 4. The lowest BCUT2D eigenvalue weighted by atomic mass is 9.87. The van der Waals surface area contributed by atoms with Crippen LogP contribution < -0.4 is 5.32 Å². The largest absolute Gasteiger partial charge is 0.419 e. The van der Waals surface area contributed by atoms with Crippen molar-refractivity contribution in [3.63, 3.8) is 0 Å².